The fourth-order valence-electron chi connectivity index (χ4n) is 1.59. The molecule has 0 aliphatic carbocycles. The third kappa shape index (κ3) is 3.76. The molecule has 0 bridgehead atoms. The highest BCUT2D eigenvalue weighted by molar-refractivity contribution is 7.92. The van der Waals surface area contributed by atoms with Crippen molar-refractivity contribution in [2.45, 2.75) is 6.92 Å². The lowest BCUT2D eigenvalue weighted by molar-refractivity contribution is 0.103. The summed E-state index contributed by atoms with van der Waals surface area (Å²) in [5, 5.41) is 3.55. The van der Waals surface area contributed by atoms with Gasteiger partial charge in [-0.15, -0.1) is 0 Å². The van der Waals surface area contributed by atoms with E-state index in [-0.39, 0.29) is 11.0 Å². The van der Waals surface area contributed by atoms with Crippen LogP contribution in [-0.2, 0) is 10.0 Å². The predicted molar refractivity (Wildman–Crippen MR) is 89.5 cm³/mol. The second-order valence-electron chi connectivity index (χ2n) is 4.60. The molecular formula is C13H14ClN3O3S2. The van der Waals surface area contributed by atoms with Crippen LogP contribution in [0.1, 0.15) is 15.4 Å². The van der Waals surface area contributed by atoms with Crippen LogP contribution in [0.15, 0.2) is 24.3 Å². The minimum absolute atomic E-state index is 0.251. The SMILES string of the molecule is Cc1nc(N(C)S(C)(=O)=O)sc1C(=O)Nc1ccc(Cl)cc1. The highest BCUT2D eigenvalue weighted by Crippen LogP contribution is 2.27. The topological polar surface area (TPSA) is 79.4 Å². The smallest absolute Gasteiger partial charge is 0.267 e. The molecule has 0 aliphatic heterocycles. The Morgan fingerprint density at radius 1 is 1.32 bits per heavy atom. The van der Waals surface area contributed by atoms with E-state index in [0.717, 1.165) is 21.9 Å². The summed E-state index contributed by atoms with van der Waals surface area (Å²) in [5.74, 6) is -0.342. The van der Waals surface area contributed by atoms with E-state index in [2.05, 4.69) is 10.3 Å². The van der Waals surface area contributed by atoms with Gasteiger partial charge in [0, 0.05) is 17.8 Å². The highest BCUT2D eigenvalue weighted by Gasteiger charge is 2.21. The number of amides is 1. The van der Waals surface area contributed by atoms with Crippen molar-refractivity contribution in [1.29, 1.82) is 0 Å². The van der Waals surface area contributed by atoms with Crippen LogP contribution in [0.3, 0.4) is 0 Å². The predicted octanol–water partition coefficient (Wildman–Crippen LogP) is 2.75. The number of hydrogen-bond acceptors (Lipinski definition) is 5. The monoisotopic (exact) mass is 359 g/mol. The van der Waals surface area contributed by atoms with Crippen LogP contribution in [-0.4, -0.2) is 32.6 Å². The molecule has 0 fully saturated rings. The van der Waals surface area contributed by atoms with Crippen molar-refractivity contribution in [1.82, 2.24) is 4.98 Å². The van der Waals surface area contributed by atoms with Gasteiger partial charge in [0.25, 0.3) is 5.91 Å². The molecule has 1 aromatic carbocycles. The van der Waals surface area contributed by atoms with E-state index in [1.807, 2.05) is 0 Å². The van der Waals surface area contributed by atoms with Crippen LogP contribution in [0.4, 0.5) is 10.8 Å². The van der Waals surface area contributed by atoms with Gasteiger partial charge in [0.1, 0.15) is 4.88 Å². The Kier molecular flexibility index (Phi) is 4.74. The third-order valence-corrected chi connectivity index (χ3v) is 5.63. The lowest BCUT2D eigenvalue weighted by Crippen LogP contribution is -2.24. The standard InChI is InChI=1S/C13H14ClN3O3S2/c1-8-11(21-13(15-8)17(2)22(3,19)20)12(18)16-10-6-4-9(14)5-7-10/h4-7H,1-3H3,(H,16,18). The Hall–Kier alpha value is -1.64. The number of nitrogens with one attached hydrogen (secondary N) is 1. The van der Waals surface area contributed by atoms with Gasteiger partial charge in [0.05, 0.1) is 11.9 Å². The molecule has 0 saturated carbocycles. The first kappa shape index (κ1) is 16.7. The fraction of sp³-hybridized carbons (Fsp3) is 0.231. The normalized spacial score (nSPS) is 11.3. The number of hydrogen-bond donors (Lipinski definition) is 1. The van der Waals surface area contributed by atoms with Gasteiger partial charge in [-0.25, -0.2) is 17.7 Å². The largest absolute Gasteiger partial charge is 0.321 e. The van der Waals surface area contributed by atoms with Gasteiger partial charge >= 0.3 is 0 Å². The average molecular weight is 360 g/mol. The number of aromatic nitrogens is 1. The number of halogens is 1. The molecule has 0 unspecified atom stereocenters. The van der Waals surface area contributed by atoms with Crippen LogP contribution < -0.4 is 9.62 Å². The van der Waals surface area contributed by atoms with Gasteiger partial charge in [-0.1, -0.05) is 22.9 Å². The number of thiazole rings is 1. The lowest BCUT2D eigenvalue weighted by Gasteiger charge is -2.11. The van der Waals surface area contributed by atoms with E-state index in [9.17, 15) is 13.2 Å². The Labute approximate surface area is 137 Å². The maximum atomic E-state index is 12.3. The molecule has 0 saturated heterocycles. The minimum Gasteiger partial charge on any atom is -0.321 e. The number of carbonyl (C=O) groups is 1. The highest BCUT2D eigenvalue weighted by atomic mass is 35.5. The van der Waals surface area contributed by atoms with E-state index in [1.54, 1.807) is 31.2 Å². The van der Waals surface area contributed by atoms with Gasteiger partial charge in [0.2, 0.25) is 10.0 Å². The molecule has 6 nitrogen and oxygen atoms in total. The maximum Gasteiger partial charge on any atom is 0.267 e. The molecule has 0 radical (unpaired) electrons. The third-order valence-electron chi connectivity index (χ3n) is 2.86. The molecule has 22 heavy (non-hydrogen) atoms. The van der Waals surface area contributed by atoms with E-state index < -0.39 is 10.0 Å². The zero-order valence-corrected chi connectivity index (χ0v) is 14.5. The average Bonchev–Trinajstić information content (AvgIpc) is 2.81. The van der Waals surface area contributed by atoms with Crippen molar-refractivity contribution in [3.8, 4) is 0 Å². The molecule has 1 aromatic heterocycles. The quantitative estimate of drug-likeness (QED) is 0.910. The molecule has 2 rings (SSSR count). The van der Waals surface area contributed by atoms with Gasteiger partial charge in [-0.05, 0) is 31.2 Å². The first-order valence-corrected chi connectivity index (χ1v) is 9.21. The summed E-state index contributed by atoms with van der Waals surface area (Å²) >= 11 is 6.81. The number of anilines is 2. The fourth-order valence-corrected chi connectivity index (χ4v) is 3.39. The summed E-state index contributed by atoms with van der Waals surface area (Å²) in [6.45, 7) is 1.66. The molecular weight excluding hydrogens is 346 g/mol. The molecule has 0 spiro atoms. The van der Waals surface area contributed by atoms with Gasteiger partial charge < -0.3 is 5.32 Å². The van der Waals surface area contributed by atoms with E-state index in [1.165, 1.54) is 7.05 Å². The zero-order chi connectivity index (χ0) is 16.5. The summed E-state index contributed by atoms with van der Waals surface area (Å²) in [5.41, 5.74) is 1.07. The summed E-state index contributed by atoms with van der Waals surface area (Å²) in [6.07, 6.45) is 1.08. The van der Waals surface area contributed by atoms with Gasteiger partial charge in [-0.2, -0.15) is 0 Å². The number of carbonyl (C=O) groups excluding carboxylic acids is 1. The van der Waals surface area contributed by atoms with E-state index >= 15 is 0 Å². The summed E-state index contributed by atoms with van der Waals surface area (Å²) in [7, 11) is -2.02. The van der Waals surface area contributed by atoms with Gasteiger partial charge in [0.15, 0.2) is 5.13 Å². The van der Waals surface area contributed by atoms with Crippen LogP contribution in [0.2, 0.25) is 5.02 Å². The van der Waals surface area contributed by atoms with Crippen LogP contribution >= 0.6 is 22.9 Å². The summed E-state index contributed by atoms with van der Waals surface area (Å²) < 4.78 is 24.1. The summed E-state index contributed by atoms with van der Waals surface area (Å²) in [4.78, 5) is 16.8. The van der Waals surface area contributed by atoms with Crippen molar-refractivity contribution >= 4 is 49.7 Å². The number of aryl methyl sites for hydroxylation is 1. The maximum absolute atomic E-state index is 12.3. The van der Waals surface area contributed by atoms with E-state index in [4.69, 9.17) is 11.6 Å². The van der Waals surface area contributed by atoms with Crippen molar-refractivity contribution in [2.24, 2.45) is 0 Å². The Morgan fingerprint density at radius 3 is 2.45 bits per heavy atom. The van der Waals surface area contributed by atoms with Crippen molar-refractivity contribution in [3.63, 3.8) is 0 Å². The molecule has 0 aliphatic rings. The molecule has 2 aromatic rings. The molecule has 1 amide bonds. The first-order valence-electron chi connectivity index (χ1n) is 6.16. The Morgan fingerprint density at radius 2 is 1.91 bits per heavy atom. The van der Waals surface area contributed by atoms with Crippen LogP contribution in [0.25, 0.3) is 0 Å². The van der Waals surface area contributed by atoms with Crippen molar-refractivity contribution < 1.29 is 13.2 Å². The Bertz CT molecular complexity index is 800. The number of benzene rings is 1. The van der Waals surface area contributed by atoms with Crippen molar-refractivity contribution in [3.05, 3.63) is 39.9 Å². The minimum atomic E-state index is -3.41. The summed E-state index contributed by atoms with van der Waals surface area (Å²) in [6, 6.07) is 6.69. The molecule has 0 atom stereocenters. The van der Waals surface area contributed by atoms with Crippen LogP contribution in [0, 0.1) is 6.92 Å². The second kappa shape index (κ2) is 6.23. The van der Waals surface area contributed by atoms with E-state index in [0.29, 0.717) is 21.3 Å². The number of nitrogens with zero attached hydrogens (tertiary/aromatic N) is 2. The molecule has 118 valence electrons. The molecule has 1 heterocycles. The van der Waals surface area contributed by atoms with Crippen LogP contribution in [0.5, 0.6) is 0 Å². The molecule has 9 heteroatoms. The second-order valence-corrected chi connectivity index (χ2v) is 8.03. The van der Waals surface area contributed by atoms with Gasteiger partial charge in [-0.3, -0.25) is 4.79 Å². The van der Waals surface area contributed by atoms with Crippen molar-refractivity contribution in [2.75, 3.05) is 22.9 Å². The number of rotatable bonds is 4. The Balaban J connectivity index is 2.24. The number of sulfonamides is 1. The lowest BCUT2D eigenvalue weighted by atomic mass is 10.3. The molecule has 1 N–H and O–H groups in total. The zero-order valence-electron chi connectivity index (χ0n) is 12.1. The first-order chi connectivity index (χ1) is 10.2.